The third-order valence-corrected chi connectivity index (χ3v) is 3.01. The third kappa shape index (κ3) is 1.99. The quantitative estimate of drug-likeness (QED) is 0.674. The van der Waals surface area contributed by atoms with Crippen molar-refractivity contribution in [3.05, 3.63) is 34.2 Å². The molecule has 5 nitrogen and oxygen atoms in total. The van der Waals surface area contributed by atoms with Crippen LogP contribution in [0.3, 0.4) is 0 Å². The first-order valence-electron chi connectivity index (χ1n) is 5.28. The highest BCUT2D eigenvalue weighted by atomic mass is 16.3. The number of H-pyrrole nitrogens is 1. The maximum atomic E-state index is 11.8. The Bertz CT molecular complexity index is 443. The highest BCUT2D eigenvalue weighted by Gasteiger charge is 2.37. The van der Waals surface area contributed by atoms with Crippen molar-refractivity contribution in [1.29, 1.82) is 0 Å². The summed E-state index contributed by atoms with van der Waals surface area (Å²) < 4.78 is 0. The Hall–Kier alpha value is -1.62. The summed E-state index contributed by atoms with van der Waals surface area (Å²) in [6.45, 7) is -0.0597. The second kappa shape index (κ2) is 4.09. The normalized spacial score (nSPS) is 17.6. The van der Waals surface area contributed by atoms with Crippen LogP contribution >= 0.6 is 0 Å². The van der Waals surface area contributed by atoms with Crippen molar-refractivity contribution in [2.75, 3.05) is 6.61 Å². The van der Waals surface area contributed by atoms with Gasteiger partial charge in [-0.2, -0.15) is 0 Å². The number of pyridine rings is 1. The first-order chi connectivity index (χ1) is 7.65. The summed E-state index contributed by atoms with van der Waals surface area (Å²) in [6.07, 6.45) is 2.57. The lowest BCUT2D eigenvalue weighted by molar-refractivity contribution is 0.0637. The maximum absolute atomic E-state index is 11.8. The number of aliphatic hydroxyl groups is 1. The topological polar surface area (TPSA) is 82.2 Å². The van der Waals surface area contributed by atoms with E-state index >= 15 is 0 Å². The monoisotopic (exact) mass is 222 g/mol. The molecule has 5 heteroatoms. The largest absolute Gasteiger partial charge is 0.394 e. The maximum Gasteiger partial charge on any atom is 0.268 e. The molecule has 3 N–H and O–H groups in total. The molecule has 0 atom stereocenters. The fourth-order valence-corrected chi connectivity index (χ4v) is 1.81. The molecule has 1 saturated carbocycles. The number of aliphatic hydroxyl groups excluding tert-OH is 1. The number of carbonyl (C=O) groups is 1. The van der Waals surface area contributed by atoms with E-state index in [2.05, 4.69) is 10.3 Å². The van der Waals surface area contributed by atoms with Crippen LogP contribution in [0.1, 0.15) is 29.8 Å². The lowest BCUT2D eigenvalue weighted by Crippen LogP contribution is -2.56. The number of carbonyl (C=O) groups excluding carboxylic acids is 1. The number of amides is 1. The van der Waals surface area contributed by atoms with Gasteiger partial charge >= 0.3 is 0 Å². The Morgan fingerprint density at radius 3 is 2.75 bits per heavy atom. The molecule has 0 aromatic carbocycles. The van der Waals surface area contributed by atoms with Gasteiger partial charge in [0.15, 0.2) is 0 Å². The lowest BCUT2D eigenvalue weighted by atomic mass is 9.77. The standard InChI is InChI=1S/C11H14N2O3/c14-7-11(5-2-6-11)13-10(16)8-3-1-4-9(15)12-8/h1,3-4,14H,2,5-7H2,(H,12,15)(H,13,16). The predicted molar refractivity (Wildman–Crippen MR) is 58.2 cm³/mol. The summed E-state index contributed by atoms with van der Waals surface area (Å²) in [6, 6.07) is 4.42. The molecule has 0 spiro atoms. The van der Waals surface area contributed by atoms with Crippen molar-refractivity contribution in [3.8, 4) is 0 Å². The van der Waals surface area contributed by atoms with Crippen molar-refractivity contribution >= 4 is 5.91 Å². The van der Waals surface area contributed by atoms with Crippen molar-refractivity contribution in [1.82, 2.24) is 10.3 Å². The first kappa shape index (κ1) is 10.9. The number of hydrogen-bond donors (Lipinski definition) is 3. The summed E-state index contributed by atoms with van der Waals surface area (Å²) in [7, 11) is 0. The van der Waals surface area contributed by atoms with Crippen LogP contribution in [0, 0.1) is 0 Å². The van der Waals surface area contributed by atoms with E-state index in [9.17, 15) is 14.7 Å². The molecule has 2 rings (SSSR count). The molecule has 0 bridgehead atoms. The molecule has 0 radical (unpaired) electrons. The van der Waals surface area contributed by atoms with E-state index < -0.39 is 5.54 Å². The minimum absolute atomic E-state index is 0.0597. The summed E-state index contributed by atoms with van der Waals surface area (Å²) in [4.78, 5) is 25.3. The van der Waals surface area contributed by atoms with Gasteiger partial charge in [-0.25, -0.2) is 0 Å². The molecule has 86 valence electrons. The van der Waals surface area contributed by atoms with Crippen LogP contribution in [0.5, 0.6) is 0 Å². The smallest absolute Gasteiger partial charge is 0.268 e. The van der Waals surface area contributed by atoms with E-state index in [0.717, 1.165) is 19.3 Å². The van der Waals surface area contributed by atoms with Crippen LogP contribution in [0.25, 0.3) is 0 Å². The van der Waals surface area contributed by atoms with Crippen molar-refractivity contribution in [2.45, 2.75) is 24.8 Å². The Kier molecular flexibility index (Phi) is 2.78. The van der Waals surface area contributed by atoms with Crippen LogP contribution in [0.15, 0.2) is 23.0 Å². The molecule has 0 aliphatic heterocycles. The lowest BCUT2D eigenvalue weighted by Gasteiger charge is -2.40. The van der Waals surface area contributed by atoms with Gasteiger partial charge in [-0.05, 0) is 25.3 Å². The van der Waals surface area contributed by atoms with E-state index in [4.69, 9.17) is 0 Å². The zero-order chi connectivity index (χ0) is 11.6. The molecule has 16 heavy (non-hydrogen) atoms. The second-order valence-electron chi connectivity index (χ2n) is 4.17. The van der Waals surface area contributed by atoms with Gasteiger partial charge in [0.1, 0.15) is 5.69 Å². The van der Waals surface area contributed by atoms with Gasteiger partial charge in [0.05, 0.1) is 12.1 Å². The number of nitrogens with one attached hydrogen (secondary N) is 2. The van der Waals surface area contributed by atoms with Gasteiger partial charge in [-0.3, -0.25) is 9.59 Å². The molecule has 1 aromatic heterocycles. The van der Waals surface area contributed by atoms with Crippen molar-refractivity contribution in [2.24, 2.45) is 0 Å². The molecular weight excluding hydrogens is 208 g/mol. The van der Waals surface area contributed by atoms with E-state index in [-0.39, 0.29) is 23.8 Å². The zero-order valence-electron chi connectivity index (χ0n) is 8.82. The van der Waals surface area contributed by atoms with Gasteiger partial charge in [0.2, 0.25) is 5.56 Å². The molecule has 0 unspecified atom stereocenters. The number of aromatic amines is 1. The van der Waals surface area contributed by atoms with Crippen LogP contribution in [0.2, 0.25) is 0 Å². The highest BCUT2D eigenvalue weighted by molar-refractivity contribution is 5.92. The molecule has 1 amide bonds. The fraction of sp³-hybridized carbons (Fsp3) is 0.455. The van der Waals surface area contributed by atoms with Gasteiger partial charge in [-0.15, -0.1) is 0 Å². The highest BCUT2D eigenvalue weighted by Crippen LogP contribution is 2.31. The van der Waals surface area contributed by atoms with Gasteiger partial charge in [-0.1, -0.05) is 6.07 Å². The van der Waals surface area contributed by atoms with Gasteiger partial charge in [0.25, 0.3) is 5.91 Å². The SMILES string of the molecule is O=C(NC1(CO)CCC1)c1cccc(=O)[nH]1. The summed E-state index contributed by atoms with van der Waals surface area (Å²) in [5, 5.41) is 12.0. The number of rotatable bonds is 3. The first-order valence-corrected chi connectivity index (χ1v) is 5.28. The van der Waals surface area contributed by atoms with Crippen LogP contribution in [-0.2, 0) is 0 Å². The Morgan fingerprint density at radius 2 is 2.25 bits per heavy atom. The van der Waals surface area contributed by atoms with E-state index in [1.807, 2.05) is 0 Å². The summed E-state index contributed by atoms with van der Waals surface area (Å²) in [5.74, 6) is -0.341. The van der Waals surface area contributed by atoms with Crippen molar-refractivity contribution < 1.29 is 9.90 Å². The molecule has 1 fully saturated rings. The number of hydrogen-bond acceptors (Lipinski definition) is 3. The van der Waals surface area contributed by atoms with Crippen LogP contribution in [-0.4, -0.2) is 28.1 Å². The Labute approximate surface area is 92.5 Å². The summed E-state index contributed by atoms with van der Waals surface area (Å²) >= 11 is 0. The van der Waals surface area contributed by atoms with E-state index in [1.165, 1.54) is 12.1 Å². The van der Waals surface area contributed by atoms with Crippen LogP contribution in [0.4, 0.5) is 0 Å². The average molecular weight is 222 g/mol. The van der Waals surface area contributed by atoms with E-state index in [1.54, 1.807) is 6.07 Å². The zero-order valence-corrected chi connectivity index (χ0v) is 8.82. The molecule has 1 heterocycles. The third-order valence-electron chi connectivity index (χ3n) is 3.01. The Balaban J connectivity index is 2.11. The molecule has 1 aliphatic carbocycles. The molecule has 1 aliphatic rings. The second-order valence-corrected chi connectivity index (χ2v) is 4.17. The van der Waals surface area contributed by atoms with E-state index in [0.29, 0.717) is 0 Å². The van der Waals surface area contributed by atoms with Crippen LogP contribution < -0.4 is 10.9 Å². The molecule has 0 saturated heterocycles. The minimum Gasteiger partial charge on any atom is -0.394 e. The van der Waals surface area contributed by atoms with Gasteiger partial charge < -0.3 is 15.4 Å². The minimum atomic E-state index is -0.482. The number of aromatic nitrogens is 1. The van der Waals surface area contributed by atoms with Gasteiger partial charge in [0, 0.05) is 6.07 Å². The summed E-state index contributed by atoms with van der Waals surface area (Å²) in [5.41, 5.74) is -0.560. The predicted octanol–water partition coefficient (Wildman–Crippen LogP) is 0.0197. The molecular formula is C11H14N2O3. The molecule has 1 aromatic rings. The Morgan fingerprint density at radius 1 is 1.50 bits per heavy atom. The fourth-order valence-electron chi connectivity index (χ4n) is 1.81. The average Bonchev–Trinajstić information content (AvgIpc) is 2.23. The van der Waals surface area contributed by atoms with Crippen molar-refractivity contribution in [3.63, 3.8) is 0 Å².